The third kappa shape index (κ3) is 4.46. The number of carbonyl (C=O) groups is 3. The van der Waals surface area contributed by atoms with Crippen molar-refractivity contribution in [3.63, 3.8) is 0 Å². The quantitative estimate of drug-likeness (QED) is 0.600. The zero-order valence-electron chi connectivity index (χ0n) is 20.4. The predicted octanol–water partition coefficient (Wildman–Crippen LogP) is 3.69. The van der Waals surface area contributed by atoms with Crippen LogP contribution in [-0.4, -0.2) is 35.6 Å². The van der Waals surface area contributed by atoms with Crippen LogP contribution in [0.25, 0.3) is 0 Å². The average Bonchev–Trinajstić information content (AvgIpc) is 2.72. The molecule has 0 amide bonds. The van der Waals surface area contributed by atoms with Crippen LogP contribution in [0.1, 0.15) is 64.9 Å². The fourth-order valence-corrected chi connectivity index (χ4v) is 5.61. The fourth-order valence-electron chi connectivity index (χ4n) is 5.61. The van der Waals surface area contributed by atoms with E-state index in [-0.39, 0.29) is 28.9 Å². The van der Waals surface area contributed by atoms with Crippen LogP contribution in [0.5, 0.6) is 5.75 Å². The Kier molecular flexibility index (Phi) is 6.05. The van der Waals surface area contributed by atoms with Crippen LogP contribution in [0.15, 0.2) is 59.5 Å². The molecule has 0 atom stereocenters. The molecule has 34 heavy (non-hydrogen) atoms. The highest BCUT2D eigenvalue weighted by Crippen LogP contribution is 2.54. The molecular formula is C28H32NO5-. The number of allylic oxidation sites excluding steroid dienone is 4. The van der Waals surface area contributed by atoms with Gasteiger partial charge in [0, 0.05) is 41.3 Å². The van der Waals surface area contributed by atoms with E-state index >= 15 is 0 Å². The number of nitrogens with zero attached hydrogens (tertiary/aromatic N) is 1. The highest BCUT2D eigenvalue weighted by molar-refractivity contribution is 6.07. The number of hydrogen-bond donors (Lipinski definition) is 0. The van der Waals surface area contributed by atoms with Gasteiger partial charge in [-0.3, -0.25) is 9.59 Å². The molecule has 0 aromatic heterocycles. The molecule has 0 saturated heterocycles. The summed E-state index contributed by atoms with van der Waals surface area (Å²) >= 11 is 0. The minimum atomic E-state index is -1.23. The Morgan fingerprint density at radius 3 is 1.94 bits per heavy atom. The first kappa shape index (κ1) is 24.0. The lowest BCUT2D eigenvalue weighted by Crippen LogP contribution is -2.47. The number of ether oxygens (including phenoxy) is 1. The fraction of sp³-hybridized carbons (Fsp3) is 0.464. The zero-order valence-corrected chi connectivity index (χ0v) is 20.4. The number of hydrogen-bond acceptors (Lipinski definition) is 6. The molecule has 1 aliphatic heterocycles. The maximum Gasteiger partial charge on any atom is 0.162 e. The van der Waals surface area contributed by atoms with Gasteiger partial charge in [0.2, 0.25) is 0 Å². The number of carbonyl (C=O) groups excluding carboxylic acids is 3. The molecule has 3 aliphatic rings. The minimum absolute atomic E-state index is 0.0317. The van der Waals surface area contributed by atoms with E-state index < -0.39 is 11.9 Å². The molecule has 2 aliphatic carbocycles. The first-order valence-electron chi connectivity index (χ1n) is 11.8. The lowest BCUT2D eigenvalue weighted by molar-refractivity contribution is -0.305. The minimum Gasteiger partial charge on any atom is -0.548 e. The third-order valence-electron chi connectivity index (χ3n) is 6.89. The van der Waals surface area contributed by atoms with Gasteiger partial charge in [-0.1, -0.05) is 52.5 Å². The van der Waals surface area contributed by atoms with Crippen molar-refractivity contribution >= 4 is 17.5 Å². The van der Waals surface area contributed by atoms with Gasteiger partial charge in [0.15, 0.2) is 11.6 Å². The van der Waals surface area contributed by atoms with Gasteiger partial charge >= 0.3 is 0 Å². The van der Waals surface area contributed by atoms with Gasteiger partial charge < -0.3 is 19.5 Å². The van der Waals surface area contributed by atoms with E-state index in [9.17, 15) is 19.5 Å². The summed E-state index contributed by atoms with van der Waals surface area (Å²) in [7, 11) is 0. The molecule has 1 aromatic carbocycles. The van der Waals surface area contributed by atoms with Gasteiger partial charge in [0.1, 0.15) is 12.4 Å². The van der Waals surface area contributed by atoms with E-state index in [1.165, 1.54) is 0 Å². The van der Waals surface area contributed by atoms with Crippen molar-refractivity contribution < 1.29 is 24.2 Å². The summed E-state index contributed by atoms with van der Waals surface area (Å²) < 4.78 is 5.61. The van der Waals surface area contributed by atoms with Crippen molar-refractivity contribution in [1.29, 1.82) is 0 Å². The Balaban J connectivity index is 1.92. The van der Waals surface area contributed by atoms with Gasteiger partial charge in [-0.05, 0) is 41.4 Å². The van der Waals surface area contributed by atoms with Gasteiger partial charge in [-0.2, -0.15) is 0 Å². The normalized spacial score (nSPS) is 21.8. The molecule has 0 spiro atoms. The summed E-state index contributed by atoms with van der Waals surface area (Å²) in [5.41, 5.74) is 2.75. The van der Waals surface area contributed by atoms with Crippen molar-refractivity contribution in [2.24, 2.45) is 10.8 Å². The summed E-state index contributed by atoms with van der Waals surface area (Å²) in [4.78, 5) is 40.6. The average molecular weight is 463 g/mol. The molecule has 6 nitrogen and oxygen atoms in total. The van der Waals surface area contributed by atoms with Gasteiger partial charge in [-0.25, -0.2) is 0 Å². The Labute approximate surface area is 201 Å². The molecule has 0 N–H and O–H groups in total. The van der Waals surface area contributed by atoms with Crippen LogP contribution in [0.3, 0.4) is 0 Å². The second-order valence-corrected chi connectivity index (χ2v) is 11.2. The number of benzene rings is 1. The highest BCUT2D eigenvalue weighted by Gasteiger charge is 2.48. The SMILES string of the molecule is C=CCOc1ccc(C2C3=C(CC(C)(C)CC3=O)N(CC(=O)[O-])C3=C2C(=O)CC(C)(C)C3)cc1. The number of ketones is 2. The number of carboxylic acids is 1. The van der Waals surface area contributed by atoms with E-state index in [4.69, 9.17) is 4.74 Å². The largest absolute Gasteiger partial charge is 0.548 e. The highest BCUT2D eigenvalue weighted by atomic mass is 16.5. The van der Waals surface area contributed by atoms with Crippen LogP contribution in [0, 0.1) is 10.8 Å². The Bertz CT molecular complexity index is 1070. The van der Waals surface area contributed by atoms with E-state index in [1.807, 2.05) is 52.0 Å². The molecule has 0 unspecified atom stereocenters. The summed E-state index contributed by atoms with van der Waals surface area (Å²) in [6.07, 6.45) is 3.49. The van der Waals surface area contributed by atoms with Gasteiger partial charge in [-0.15, -0.1) is 0 Å². The Morgan fingerprint density at radius 2 is 1.50 bits per heavy atom. The molecule has 0 fully saturated rings. The summed E-state index contributed by atoms with van der Waals surface area (Å²) in [6, 6.07) is 7.46. The van der Waals surface area contributed by atoms with Crippen LogP contribution in [-0.2, 0) is 14.4 Å². The van der Waals surface area contributed by atoms with E-state index in [0.29, 0.717) is 60.6 Å². The zero-order chi connectivity index (χ0) is 24.8. The topological polar surface area (TPSA) is 86.7 Å². The van der Waals surface area contributed by atoms with Crippen molar-refractivity contribution in [3.05, 3.63) is 65.0 Å². The van der Waals surface area contributed by atoms with Crippen molar-refractivity contribution in [2.45, 2.75) is 59.3 Å². The van der Waals surface area contributed by atoms with E-state index in [0.717, 1.165) is 5.56 Å². The third-order valence-corrected chi connectivity index (χ3v) is 6.89. The molecule has 6 heteroatoms. The molecule has 180 valence electrons. The van der Waals surface area contributed by atoms with Gasteiger partial charge in [0.25, 0.3) is 0 Å². The number of carboxylic acid groups (broad SMARTS) is 1. The maximum atomic E-state index is 13.6. The Hall–Kier alpha value is -3.15. The van der Waals surface area contributed by atoms with E-state index in [2.05, 4.69) is 6.58 Å². The second-order valence-electron chi connectivity index (χ2n) is 11.2. The standard InChI is InChI=1S/C28H33NO5/c1-6-11-34-18-9-7-17(8-10-18)24-25-19(12-27(2,3)14-21(25)30)29(16-23(32)33)20-13-28(4,5)15-22(31)26(20)24/h6-10,24H,1,11-16H2,2-5H3,(H,32,33)/p-1. The first-order chi connectivity index (χ1) is 15.9. The van der Waals surface area contributed by atoms with Crippen molar-refractivity contribution in [3.8, 4) is 5.75 Å². The molecule has 1 heterocycles. The van der Waals surface area contributed by atoms with Crippen LogP contribution in [0.4, 0.5) is 0 Å². The van der Waals surface area contributed by atoms with Gasteiger partial charge in [0.05, 0.1) is 12.5 Å². The van der Waals surface area contributed by atoms with E-state index in [1.54, 1.807) is 11.0 Å². The molecule has 4 rings (SSSR count). The number of aliphatic carboxylic acids is 1. The molecule has 0 bridgehead atoms. The maximum absolute atomic E-state index is 13.6. The summed E-state index contributed by atoms with van der Waals surface area (Å²) in [5.74, 6) is -1.13. The summed E-state index contributed by atoms with van der Waals surface area (Å²) in [5, 5.41) is 11.8. The van der Waals surface area contributed by atoms with Crippen molar-refractivity contribution in [1.82, 2.24) is 4.90 Å². The van der Waals surface area contributed by atoms with Crippen LogP contribution in [0.2, 0.25) is 0 Å². The smallest absolute Gasteiger partial charge is 0.162 e. The monoisotopic (exact) mass is 462 g/mol. The lowest BCUT2D eigenvalue weighted by Gasteiger charge is -2.49. The molecule has 0 saturated carbocycles. The number of rotatable bonds is 6. The summed E-state index contributed by atoms with van der Waals surface area (Å²) in [6.45, 7) is 11.8. The first-order valence-corrected chi connectivity index (χ1v) is 11.8. The van der Waals surface area contributed by atoms with Crippen LogP contribution >= 0.6 is 0 Å². The lowest BCUT2D eigenvalue weighted by atomic mass is 9.63. The molecular weight excluding hydrogens is 430 g/mol. The molecule has 0 radical (unpaired) electrons. The second kappa shape index (κ2) is 8.57. The van der Waals surface area contributed by atoms with Crippen molar-refractivity contribution in [2.75, 3.05) is 13.2 Å². The molecule has 1 aromatic rings. The predicted molar refractivity (Wildman–Crippen MR) is 127 cm³/mol. The number of Topliss-reactive ketones (excluding diaryl/α,β-unsaturated/α-hetero) is 2. The van der Waals surface area contributed by atoms with Crippen LogP contribution < -0.4 is 9.84 Å². The Morgan fingerprint density at radius 1 is 1.00 bits per heavy atom.